The molecule has 4 aromatic rings. The molecule has 0 unspecified atom stereocenters. The molecule has 1 fully saturated rings. The van der Waals surface area contributed by atoms with Crippen molar-refractivity contribution in [2.24, 2.45) is 0 Å². The highest BCUT2D eigenvalue weighted by Crippen LogP contribution is 2.31. The molecule has 0 bridgehead atoms. The first kappa shape index (κ1) is 23.2. The van der Waals surface area contributed by atoms with Crippen molar-refractivity contribution in [2.75, 3.05) is 13.1 Å². The van der Waals surface area contributed by atoms with Crippen LogP contribution in [0.4, 0.5) is 4.39 Å². The van der Waals surface area contributed by atoms with Gasteiger partial charge in [-0.25, -0.2) is 12.8 Å². The van der Waals surface area contributed by atoms with Gasteiger partial charge in [0.15, 0.2) is 0 Å². The summed E-state index contributed by atoms with van der Waals surface area (Å²) in [4.78, 5) is 4.84. The van der Waals surface area contributed by atoms with Gasteiger partial charge < -0.3 is 9.26 Å². The van der Waals surface area contributed by atoms with Gasteiger partial charge in [0.05, 0.1) is 10.8 Å². The number of benzene rings is 3. The molecule has 3 aromatic carbocycles. The largest absolute Gasteiger partial charge is 0.457 e. The Morgan fingerprint density at radius 2 is 1.63 bits per heavy atom. The highest BCUT2D eigenvalue weighted by molar-refractivity contribution is 7.89. The van der Waals surface area contributed by atoms with E-state index in [2.05, 4.69) is 10.1 Å². The lowest BCUT2D eigenvalue weighted by molar-refractivity contribution is 0.265. The number of hydrogen-bond acceptors (Lipinski definition) is 6. The van der Waals surface area contributed by atoms with Crippen LogP contribution < -0.4 is 4.74 Å². The molecule has 0 saturated carbocycles. The zero-order chi connectivity index (χ0) is 24.4. The zero-order valence-corrected chi connectivity index (χ0v) is 19.9. The van der Waals surface area contributed by atoms with Gasteiger partial charge >= 0.3 is 0 Å². The van der Waals surface area contributed by atoms with E-state index in [-0.39, 0.29) is 16.6 Å². The van der Waals surface area contributed by atoms with Gasteiger partial charge in [0.2, 0.25) is 21.7 Å². The van der Waals surface area contributed by atoms with Gasteiger partial charge in [-0.3, -0.25) is 0 Å². The number of aryl methyl sites for hydroxylation is 1. The summed E-state index contributed by atoms with van der Waals surface area (Å²) in [6.07, 6.45) is 1.48. The maximum atomic E-state index is 13.1. The van der Waals surface area contributed by atoms with Gasteiger partial charge in [-0.1, -0.05) is 22.9 Å². The topological polar surface area (TPSA) is 85.5 Å². The molecule has 1 aliphatic rings. The van der Waals surface area contributed by atoms with Crippen LogP contribution in [0.25, 0.3) is 11.4 Å². The van der Waals surface area contributed by atoms with E-state index in [4.69, 9.17) is 9.26 Å². The van der Waals surface area contributed by atoms with Crippen LogP contribution in [0.2, 0.25) is 0 Å². The zero-order valence-electron chi connectivity index (χ0n) is 19.1. The average molecular weight is 494 g/mol. The van der Waals surface area contributed by atoms with Crippen LogP contribution >= 0.6 is 0 Å². The fraction of sp³-hybridized carbons (Fsp3) is 0.231. The average Bonchev–Trinajstić information content (AvgIpc) is 3.37. The maximum absolute atomic E-state index is 13.1. The fourth-order valence-corrected chi connectivity index (χ4v) is 5.57. The van der Waals surface area contributed by atoms with E-state index in [9.17, 15) is 12.8 Å². The predicted octanol–water partition coefficient (Wildman–Crippen LogP) is 5.54. The Balaban J connectivity index is 1.28. The van der Waals surface area contributed by atoms with E-state index in [1.807, 2.05) is 19.1 Å². The van der Waals surface area contributed by atoms with Crippen molar-refractivity contribution >= 4 is 10.0 Å². The van der Waals surface area contributed by atoms with Crippen molar-refractivity contribution in [2.45, 2.75) is 30.6 Å². The molecule has 1 aliphatic heterocycles. The third kappa shape index (κ3) is 5.11. The molecule has 0 spiro atoms. The number of ether oxygens (including phenoxy) is 1. The van der Waals surface area contributed by atoms with Gasteiger partial charge in [0.1, 0.15) is 17.3 Å². The van der Waals surface area contributed by atoms with Crippen LogP contribution in [0.15, 0.2) is 82.2 Å². The molecule has 9 heteroatoms. The lowest BCUT2D eigenvalue weighted by atomic mass is 10.00. The molecular formula is C26H24FN3O4S. The normalized spacial score (nSPS) is 16.8. The third-order valence-electron chi connectivity index (χ3n) is 6.00. The van der Waals surface area contributed by atoms with Crippen LogP contribution in [0.3, 0.4) is 0 Å². The second-order valence-corrected chi connectivity index (χ2v) is 10.5. The maximum Gasteiger partial charge on any atom is 0.243 e. The lowest BCUT2D eigenvalue weighted by Gasteiger charge is -2.30. The Labute approximate surface area is 203 Å². The number of rotatable bonds is 6. The first-order chi connectivity index (χ1) is 16.9. The molecule has 0 N–H and O–H groups in total. The van der Waals surface area contributed by atoms with Crippen LogP contribution in [0.1, 0.15) is 30.2 Å². The Hall–Kier alpha value is -3.56. The van der Waals surface area contributed by atoms with Crippen molar-refractivity contribution in [1.82, 2.24) is 14.4 Å². The van der Waals surface area contributed by atoms with Crippen LogP contribution in [0, 0.1) is 12.7 Å². The highest BCUT2D eigenvalue weighted by atomic mass is 32.2. The van der Waals surface area contributed by atoms with Crippen molar-refractivity contribution in [1.29, 1.82) is 0 Å². The fourth-order valence-electron chi connectivity index (χ4n) is 4.05. The number of piperidine rings is 1. The van der Waals surface area contributed by atoms with Gasteiger partial charge in [-0.05, 0) is 80.4 Å². The number of aromatic nitrogens is 2. The number of halogens is 1. The second kappa shape index (κ2) is 9.59. The molecule has 7 nitrogen and oxygen atoms in total. The SMILES string of the molecule is Cc1ccc(S(=O)(=O)N2CCC[C@@H](c3nc(-c4ccc(Oc5ccc(F)cc5)cc4)no3)C2)cc1. The van der Waals surface area contributed by atoms with E-state index >= 15 is 0 Å². The molecule has 0 radical (unpaired) electrons. The quantitative estimate of drug-likeness (QED) is 0.350. The summed E-state index contributed by atoms with van der Waals surface area (Å²) in [6.45, 7) is 2.68. The monoisotopic (exact) mass is 493 g/mol. The summed E-state index contributed by atoms with van der Waals surface area (Å²) < 4.78 is 52.0. The third-order valence-corrected chi connectivity index (χ3v) is 7.88. The molecule has 1 atom stereocenters. The summed E-state index contributed by atoms with van der Waals surface area (Å²) >= 11 is 0. The van der Waals surface area contributed by atoms with Crippen LogP contribution in [-0.2, 0) is 10.0 Å². The Morgan fingerprint density at radius 3 is 2.31 bits per heavy atom. The molecule has 0 aliphatic carbocycles. The van der Waals surface area contributed by atoms with Crippen molar-refractivity contribution < 1.29 is 22.1 Å². The van der Waals surface area contributed by atoms with Crippen LogP contribution in [0.5, 0.6) is 11.5 Å². The van der Waals surface area contributed by atoms with Gasteiger partial charge in [0, 0.05) is 18.7 Å². The summed E-state index contributed by atoms with van der Waals surface area (Å²) in [6, 6.07) is 19.8. The highest BCUT2D eigenvalue weighted by Gasteiger charge is 2.33. The lowest BCUT2D eigenvalue weighted by Crippen LogP contribution is -2.39. The van der Waals surface area contributed by atoms with Crippen molar-refractivity contribution in [3.05, 3.63) is 90.1 Å². The van der Waals surface area contributed by atoms with Crippen molar-refractivity contribution in [3.8, 4) is 22.9 Å². The minimum absolute atomic E-state index is 0.175. The minimum Gasteiger partial charge on any atom is -0.457 e. The molecular weight excluding hydrogens is 469 g/mol. The molecule has 1 saturated heterocycles. The standard InChI is InChI=1S/C26H24FN3O4S/c1-18-4-14-24(15-5-18)35(31,32)30-16-2-3-20(17-30)26-28-25(29-34-26)19-6-10-22(11-7-19)33-23-12-8-21(27)9-13-23/h4-15,20H,2-3,16-17H2,1H3/t20-/m1/s1. The van der Waals surface area contributed by atoms with E-state index in [1.54, 1.807) is 48.5 Å². The summed E-state index contributed by atoms with van der Waals surface area (Å²) in [5.74, 6) is 1.47. The van der Waals surface area contributed by atoms with Crippen LogP contribution in [-0.4, -0.2) is 36.0 Å². The summed E-state index contributed by atoms with van der Waals surface area (Å²) in [5, 5.41) is 4.10. The second-order valence-electron chi connectivity index (χ2n) is 8.55. The van der Waals surface area contributed by atoms with Gasteiger partial charge in [-0.15, -0.1) is 0 Å². The predicted molar refractivity (Wildman–Crippen MR) is 128 cm³/mol. The van der Waals surface area contributed by atoms with E-state index < -0.39 is 10.0 Å². The number of hydrogen-bond donors (Lipinski definition) is 0. The molecule has 0 amide bonds. The Kier molecular flexibility index (Phi) is 6.36. The van der Waals surface area contributed by atoms with Gasteiger partial charge in [-0.2, -0.15) is 9.29 Å². The van der Waals surface area contributed by atoms with Gasteiger partial charge in [0.25, 0.3) is 0 Å². The first-order valence-electron chi connectivity index (χ1n) is 11.3. The summed E-state index contributed by atoms with van der Waals surface area (Å²) in [7, 11) is -3.59. The molecule has 35 heavy (non-hydrogen) atoms. The molecule has 2 heterocycles. The van der Waals surface area contributed by atoms with E-state index in [0.717, 1.165) is 17.5 Å². The minimum atomic E-state index is -3.59. The molecule has 5 rings (SSSR count). The Morgan fingerprint density at radius 1 is 0.971 bits per heavy atom. The molecule has 180 valence electrons. The summed E-state index contributed by atoms with van der Waals surface area (Å²) in [5.41, 5.74) is 1.75. The van der Waals surface area contributed by atoms with E-state index in [1.165, 1.54) is 16.4 Å². The smallest absolute Gasteiger partial charge is 0.243 e. The number of sulfonamides is 1. The Bertz CT molecular complexity index is 1400. The molecule has 1 aromatic heterocycles. The van der Waals surface area contributed by atoms with Crippen molar-refractivity contribution in [3.63, 3.8) is 0 Å². The van der Waals surface area contributed by atoms with E-state index in [0.29, 0.717) is 42.7 Å². The number of nitrogens with zero attached hydrogens (tertiary/aromatic N) is 3. The first-order valence-corrected chi connectivity index (χ1v) is 12.8.